The Labute approximate surface area is 154 Å². The molecule has 0 aliphatic rings. The molecule has 1 aromatic heterocycles. The summed E-state index contributed by atoms with van der Waals surface area (Å²) in [6.07, 6.45) is 0.569. The first-order valence-electron chi connectivity index (χ1n) is 8.24. The van der Waals surface area contributed by atoms with Gasteiger partial charge >= 0.3 is 6.61 Å². The molecule has 0 bridgehead atoms. The summed E-state index contributed by atoms with van der Waals surface area (Å²) in [7, 11) is 0. The first-order chi connectivity index (χ1) is 13.0. The molecule has 140 valence electrons. The molecule has 0 aliphatic carbocycles. The Morgan fingerprint density at radius 1 is 1.15 bits per heavy atom. The SMILES string of the molecule is Cc1noc(-c2ccc(C(=O)NCCc3ccc(OC(F)F)cc3)cc2)n1. The van der Waals surface area contributed by atoms with Gasteiger partial charge < -0.3 is 14.6 Å². The van der Waals surface area contributed by atoms with Crippen LogP contribution in [0, 0.1) is 6.92 Å². The second-order valence-electron chi connectivity index (χ2n) is 5.75. The van der Waals surface area contributed by atoms with Gasteiger partial charge in [0.05, 0.1) is 0 Å². The molecule has 0 aliphatic heterocycles. The van der Waals surface area contributed by atoms with Gasteiger partial charge in [-0.05, 0) is 55.3 Å². The Hall–Kier alpha value is -3.29. The van der Waals surface area contributed by atoms with E-state index in [-0.39, 0.29) is 11.7 Å². The molecule has 0 spiro atoms. The van der Waals surface area contributed by atoms with Gasteiger partial charge in [-0.25, -0.2) is 0 Å². The minimum Gasteiger partial charge on any atom is -0.435 e. The average Bonchev–Trinajstić information content (AvgIpc) is 3.09. The van der Waals surface area contributed by atoms with E-state index in [1.165, 1.54) is 12.1 Å². The number of aryl methyl sites for hydroxylation is 1. The van der Waals surface area contributed by atoms with Crippen molar-refractivity contribution in [2.24, 2.45) is 0 Å². The molecule has 2 aromatic carbocycles. The zero-order valence-corrected chi connectivity index (χ0v) is 14.5. The van der Waals surface area contributed by atoms with Crippen LogP contribution in [0.5, 0.6) is 5.75 Å². The summed E-state index contributed by atoms with van der Waals surface area (Å²) in [6, 6.07) is 13.2. The third kappa shape index (κ3) is 5.10. The number of hydrogen-bond acceptors (Lipinski definition) is 5. The minimum atomic E-state index is -2.84. The molecular weight excluding hydrogens is 356 g/mol. The highest BCUT2D eigenvalue weighted by Gasteiger charge is 2.09. The maximum Gasteiger partial charge on any atom is 0.387 e. The highest BCUT2D eigenvalue weighted by Crippen LogP contribution is 2.18. The molecule has 0 radical (unpaired) electrons. The quantitative estimate of drug-likeness (QED) is 0.684. The summed E-state index contributed by atoms with van der Waals surface area (Å²) in [5.74, 6) is 0.842. The van der Waals surface area contributed by atoms with E-state index in [1.807, 2.05) is 0 Å². The number of nitrogens with one attached hydrogen (secondary N) is 1. The number of nitrogens with zero attached hydrogens (tertiary/aromatic N) is 2. The number of aromatic nitrogens is 2. The fourth-order valence-electron chi connectivity index (χ4n) is 2.44. The molecule has 1 N–H and O–H groups in total. The first kappa shape index (κ1) is 18.5. The fraction of sp³-hybridized carbons (Fsp3) is 0.211. The molecule has 6 nitrogen and oxygen atoms in total. The van der Waals surface area contributed by atoms with Gasteiger partial charge in [-0.15, -0.1) is 0 Å². The molecule has 0 saturated carbocycles. The second kappa shape index (κ2) is 8.39. The van der Waals surface area contributed by atoms with Crippen LogP contribution in [-0.2, 0) is 6.42 Å². The monoisotopic (exact) mass is 373 g/mol. The predicted octanol–water partition coefficient (Wildman–Crippen LogP) is 3.62. The van der Waals surface area contributed by atoms with Crippen LogP contribution in [-0.4, -0.2) is 29.2 Å². The highest BCUT2D eigenvalue weighted by atomic mass is 19.3. The van der Waals surface area contributed by atoms with Gasteiger partial charge in [-0.2, -0.15) is 13.8 Å². The smallest absolute Gasteiger partial charge is 0.387 e. The zero-order valence-electron chi connectivity index (χ0n) is 14.5. The van der Waals surface area contributed by atoms with Gasteiger partial charge in [0.15, 0.2) is 5.82 Å². The van der Waals surface area contributed by atoms with Crippen LogP contribution >= 0.6 is 0 Å². The van der Waals surface area contributed by atoms with E-state index in [9.17, 15) is 13.6 Å². The number of alkyl halides is 2. The predicted molar refractivity (Wildman–Crippen MR) is 93.6 cm³/mol. The summed E-state index contributed by atoms with van der Waals surface area (Å²) in [5.41, 5.74) is 2.15. The van der Waals surface area contributed by atoms with Crippen LogP contribution in [0.15, 0.2) is 53.1 Å². The van der Waals surface area contributed by atoms with Crippen molar-refractivity contribution in [3.63, 3.8) is 0 Å². The Morgan fingerprint density at radius 2 is 1.85 bits per heavy atom. The van der Waals surface area contributed by atoms with E-state index in [4.69, 9.17) is 4.52 Å². The van der Waals surface area contributed by atoms with Crippen molar-refractivity contribution < 1.29 is 22.8 Å². The molecule has 3 rings (SSSR count). The molecule has 0 fully saturated rings. The lowest BCUT2D eigenvalue weighted by molar-refractivity contribution is -0.0498. The molecule has 1 amide bonds. The summed E-state index contributed by atoms with van der Waals surface area (Å²) in [4.78, 5) is 16.3. The van der Waals surface area contributed by atoms with Crippen LogP contribution in [0.1, 0.15) is 21.7 Å². The molecule has 0 atom stereocenters. The van der Waals surface area contributed by atoms with Crippen LogP contribution < -0.4 is 10.1 Å². The average molecular weight is 373 g/mol. The number of amides is 1. The Bertz CT molecular complexity index is 893. The lowest BCUT2D eigenvalue weighted by Gasteiger charge is -2.07. The third-order valence-electron chi connectivity index (χ3n) is 3.77. The Morgan fingerprint density at radius 3 is 2.44 bits per heavy atom. The van der Waals surface area contributed by atoms with Gasteiger partial charge in [-0.3, -0.25) is 4.79 Å². The molecule has 3 aromatic rings. The van der Waals surface area contributed by atoms with Crippen LogP contribution in [0.2, 0.25) is 0 Å². The van der Waals surface area contributed by atoms with Gasteiger partial charge in [0, 0.05) is 17.7 Å². The highest BCUT2D eigenvalue weighted by molar-refractivity contribution is 5.94. The van der Waals surface area contributed by atoms with Crippen LogP contribution in [0.3, 0.4) is 0 Å². The molecule has 1 heterocycles. The van der Waals surface area contributed by atoms with Crippen molar-refractivity contribution in [1.29, 1.82) is 0 Å². The van der Waals surface area contributed by atoms with Crippen molar-refractivity contribution >= 4 is 5.91 Å². The van der Waals surface area contributed by atoms with E-state index in [0.29, 0.717) is 30.2 Å². The van der Waals surface area contributed by atoms with Crippen LogP contribution in [0.25, 0.3) is 11.5 Å². The van der Waals surface area contributed by atoms with E-state index in [0.717, 1.165) is 11.1 Å². The number of carbonyl (C=O) groups excluding carboxylic acids is 1. The maximum absolute atomic E-state index is 12.2. The van der Waals surface area contributed by atoms with E-state index < -0.39 is 6.61 Å². The fourth-order valence-corrected chi connectivity index (χ4v) is 2.44. The number of halogens is 2. The van der Waals surface area contributed by atoms with Gasteiger partial charge in [-0.1, -0.05) is 17.3 Å². The lowest BCUT2D eigenvalue weighted by atomic mass is 10.1. The molecular formula is C19H17F2N3O3. The molecule has 0 unspecified atom stereocenters. The Kier molecular flexibility index (Phi) is 5.75. The maximum atomic E-state index is 12.2. The number of benzene rings is 2. The lowest BCUT2D eigenvalue weighted by Crippen LogP contribution is -2.25. The number of rotatable bonds is 7. The zero-order chi connectivity index (χ0) is 19.2. The van der Waals surface area contributed by atoms with Crippen molar-refractivity contribution in [2.75, 3.05) is 6.54 Å². The van der Waals surface area contributed by atoms with Crippen molar-refractivity contribution in [2.45, 2.75) is 20.0 Å². The summed E-state index contributed by atoms with van der Waals surface area (Å²) in [5, 5.41) is 6.54. The first-order valence-corrected chi connectivity index (χ1v) is 8.24. The number of carbonyl (C=O) groups is 1. The van der Waals surface area contributed by atoms with Crippen molar-refractivity contribution in [1.82, 2.24) is 15.5 Å². The molecule has 27 heavy (non-hydrogen) atoms. The largest absolute Gasteiger partial charge is 0.435 e. The van der Waals surface area contributed by atoms with Gasteiger partial charge in [0.25, 0.3) is 11.8 Å². The summed E-state index contributed by atoms with van der Waals surface area (Å²) < 4.78 is 33.6. The topological polar surface area (TPSA) is 77.2 Å². The van der Waals surface area contributed by atoms with Gasteiger partial charge in [0.1, 0.15) is 5.75 Å². The second-order valence-corrected chi connectivity index (χ2v) is 5.75. The Balaban J connectivity index is 1.50. The summed E-state index contributed by atoms with van der Waals surface area (Å²) in [6.45, 7) is -0.697. The molecule has 8 heteroatoms. The van der Waals surface area contributed by atoms with Gasteiger partial charge in [0.2, 0.25) is 0 Å². The number of ether oxygens (including phenoxy) is 1. The van der Waals surface area contributed by atoms with Crippen LogP contribution in [0.4, 0.5) is 8.78 Å². The minimum absolute atomic E-state index is 0.106. The standard InChI is InChI=1S/C19H17F2N3O3/c1-12-23-18(27-24-12)15-6-4-14(5-7-15)17(25)22-11-10-13-2-8-16(9-3-13)26-19(20)21/h2-9,19H,10-11H2,1H3,(H,22,25). The van der Waals surface area contributed by atoms with Crippen molar-refractivity contribution in [3.05, 3.63) is 65.5 Å². The normalized spacial score (nSPS) is 10.8. The third-order valence-corrected chi connectivity index (χ3v) is 3.77. The van der Waals surface area contributed by atoms with Crippen molar-refractivity contribution in [3.8, 4) is 17.2 Å². The summed E-state index contributed by atoms with van der Waals surface area (Å²) >= 11 is 0. The number of hydrogen-bond donors (Lipinski definition) is 1. The van der Waals surface area contributed by atoms with E-state index in [1.54, 1.807) is 43.3 Å². The van der Waals surface area contributed by atoms with E-state index in [2.05, 4.69) is 20.2 Å². The molecule has 0 saturated heterocycles. The van der Waals surface area contributed by atoms with E-state index >= 15 is 0 Å².